The molecule has 3 saturated heterocycles. The molecular weight excluding hydrogens is 881 g/mol. The predicted molar refractivity (Wildman–Crippen MR) is 265 cm³/mol. The second-order valence-corrected chi connectivity index (χ2v) is 20.1. The van der Waals surface area contributed by atoms with Gasteiger partial charge in [0, 0.05) is 66.3 Å². The summed E-state index contributed by atoms with van der Waals surface area (Å²) in [6.45, 7) is 23.8. The van der Waals surface area contributed by atoms with Gasteiger partial charge in [-0.1, -0.05) is 58.0 Å². The Morgan fingerprint density at radius 1 is 0.971 bits per heavy atom. The highest BCUT2D eigenvalue weighted by molar-refractivity contribution is 6.00. The summed E-state index contributed by atoms with van der Waals surface area (Å²) in [5.41, 5.74) is 2.34. The first-order valence-electron chi connectivity index (χ1n) is 24.8. The third-order valence-electron chi connectivity index (χ3n) is 15.2. The summed E-state index contributed by atoms with van der Waals surface area (Å²) in [5, 5.41) is 27.6. The van der Waals surface area contributed by atoms with E-state index in [1.54, 1.807) is 47.7 Å². The van der Waals surface area contributed by atoms with Crippen molar-refractivity contribution in [1.82, 2.24) is 15.2 Å². The number of nitrogens with zero attached hydrogens (tertiary/aromatic N) is 3. The van der Waals surface area contributed by atoms with E-state index in [1.807, 2.05) is 81.3 Å². The fourth-order valence-electron chi connectivity index (χ4n) is 11.1. The molecule has 3 fully saturated rings. The SMILES string of the molecule is CC[C@H]1OC(=O)[C@H](C)C(=O)[C@H](C)[C@@H](OC2O[C@H](C)C[C@H](N(C)Cc3c(C)c(N(CC)CC)cc(C)c3O)[C@H]2O)[C@@](C)(OC/C=C/c2cnc3ccccc3c2)C[C@@H](C)C(=O)[C@H](C)[C@H]2NC(=O)O[C@@]21C. The largest absolute Gasteiger partial charge is 0.507 e. The lowest BCUT2D eigenvalue weighted by Crippen LogP contribution is -2.60. The van der Waals surface area contributed by atoms with E-state index in [9.17, 15) is 29.4 Å². The number of phenolic OH excluding ortho intramolecular Hbond substituents is 1. The maximum atomic E-state index is 14.8. The van der Waals surface area contributed by atoms with Gasteiger partial charge in [-0.15, -0.1) is 0 Å². The molecule has 0 spiro atoms. The number of para-hydroxylation sites is 1. The van der Waals surface area contributed by atoms with Crippen molar-refractivity contribution in [3.05, 3.63) is 70.9 Å². The highest BCUT2D eigenvalue weighted by atomic mass is 16.7. The predicted octanol–water partition coefficient (Wildman–Crippen LogP) is 7.85. The van der Waals surface area contributed by atoms with Crippen molar-refractivity contribution in [3.8, 4) is 5.75 Å². The van der Waals surface area contributed by atoms with Gasteiger partial charge in [0.15, 0.2) is 17.7 Å². The fraction of sp³-hybridized carbons (Fsp3) is 0.611. The van der Waals surface area contributed by atoms with Crippen LogP contribution in [0.2, 0.25) is 0 Å². The van der Waals surface area contributed by atoms with Crippen molar-refractivity contribution in [2.75, 3.05) is 31.6 Å². The number of phenols is 1. The highest BCUT2D eigenvalue weighted by Crippen LogP contribution is 2.41. The lowest BCUT2D eigenvalue weighted by molar-refractivity contribution is -0.297. The molecule has 378 valence electrons. The number of hydrogen-bond acceptors (Lipinski definition) is 14. The second-order valence-electron chi connectivity index (χ2n) is 20.1. The fourth-order valence-corrected chi connectivity index (χ4v) is 11.1. The van der Waals surface area contributed by atoms with Gasteiger partial charge in [-0.25, -0.2) is 4.79 Å². The minimum absolute atomic E-state index is 0.0194. The number of benzene rings is 2. The number of aliphatic hydroxyl groups is 1. The smallest absolute Gasteiger partial charge is 0.408 e. The normalized spacial score (nSPS) is 32.7. The Balaban J connectivity index is 1.38. The van der Waals surface area contributed by atoms with Crippen molar-refractivity contribution in [2.45, 2.75) is 163 Å². The molecule has 1 aromatic heterocycles. The maximum absolute atomic E-state index is 14.8. The summed E-state index contributed by atoms with van der Waals surface area (Å²) < 4.78 is 32.1. The van der Waals surface area contributed by atoms with Gasteiger partial charge in [-0.3, -0.25) is 24.3 Å². The molecule has 3 aromatic rings. The number of aliphatic hydroxyl groups excluding tert-OH is 1. The van der Waals surface area contributed by atoms with Gasteiger partial charge in [-0.05, 0) is 117 Å². The van der Waals surface area contributed by atoms with E-state index in [2.05, 4.69) is 29.0 Å². The number of fused-ring (bicyclic) bond motifs is 2. The van der Waals surface area contributed by atoms with Crippen molar-refractivity contribution in [1.29, 1.82) is 0 Å². The molecular formula is C54H76N4O11. The molecule has 15 nitrogen and oxygen atoms in total. The third kappa shape index (κ3) is 11.2. The van der Waals surface area contributed by atoms with E-state index in [-0.39, 0.29) is 31.0 Å². The molecule has 3 aliphatic rings. The molecule has 0 radical (unpaired) electrons. The van der Waals surface area contributed by atoms with E-state index in [1.165, 1.54) is 6.92 Å². The first-order chi connectivity index (χ1) is 32.6. The number of ether oxygens (including phenoxy) is 5. The number of ketones is 2. The van der Waals surface area contributed by atoms with Gasteiger partial charge in [-0.2, -0.15) is 0 Å². The highest BCUT2D eigenvalue weighted by Gasteiger charge is 2.57. The Kier molecular flexibility index (Phi) is 17.0. The summed E-state index contributed by atoms with van der Waals surface area (Å²) in [4.78, 5) is 65.3. The number of anilines is 1. The zero-order chi connectivity index (χ0) is 50.7. The molecule has 0 bridgehead atoms. The average molecular weight is 957 g/mol. The van der Waals surface area contributed by atoms with Crippen LogP contribution in [0.25, 0.3) is 17.0 Å². The Bertz CT molecular complexity index is 2370. The minimum atomic E-state index is -1.44. The number of cyclic esters (lactones) is 1. The Labute approximate surface area is 408 Å². The molecule has 1 unspecified atom stereocenters. The van der Waals surface area contributed by atoms with Gasteiger partial charge < -0.3 is 44.1 Å². The van der Waals surface area contributed by atoms with Crippen molar-refractivity contribution < 1.29 is 53.1 Å². The second kappa shape index (κ2) is 22.0. The van der Waals surface area contributed by atoms with E-state index in [4.69, 9.17) is 23.7 Å². The van der Waals surface area contributed by atoms with Gasteiger partial charge >= 0.3 is 12.1 Å². The molecule has 6 rings (SSSR count). The molecule has 69 heavy (non-hydrogen) atoms. The number of likely N-dealkylation sites (N-methyl/N-ethyl adjacent to an activating group) is 1. The number of alkyl carbamates (subject to hydrolysis) is 1. The van der Waals surface area contributed by atoms with Gasteiger partial charge in [0.2, 0.25) is 0 Å². The Morgan fingerprint density at radius 2 is 1.67 bits per heavy atom. The van der Waals surface area contributed by atoms with E-state index < -0.39 is 95.5 Å². The summed E-state index contributed by atoms with van der Waals surface area (Å²) in [5.74, 6) is -5.23. The number of hydrogen-bond donors (Lipinski definition) is 3. The van der Waals surface area contributed by atoms with E-state index in [0.717, 1.165) is 51.9 Å². The van der Waals surface area contributed by atoms with E-state index in [0.29, 0.717) is 13.0 Å². The zero-order valence-electron chi connectivity index (χ0n) is 42.9. The summed E-state index contributed by atoms with van der Waals surface area (Å²) in [7, 11) is 1.90. The molecule has 0 saturated carbocycles. The third-order valence-corrected chi connectivity index (χ3v) is 15.2. The number of carbonyl (C=O) groups excluding carboxylic acids is 4. The van der Waals surface area contributed by atoms with Crippen LogP contribution in [0, 0.1) is 37.5 Å². The Hall–Kier alpha value is -4.93. The molecule has 0 aliphatic carbocycles. The number of carbonyl (C=O) groups is 4. The van der Waals surface area contributed by atoms with Crippen LogP contribution in [0.15, 0.2) is 48.7 Å². The van der Waals surface area contributed by atoms with Gasteiger partial charge in [0.1, 0.15) is 29.7 Å². The molecule has 3 N–H and O–H groups in total. The number of amides is 1. The molecule has 13 atom stereocenters. The van der Waals surface area contributed by atoms with Crippen LogP contribution in [0.3, 0.4) is 0 Å². The summed E-state index contributed by atoms with van der Waals surface area (Å²) in [6, 6.07) is 10.4. The quantitative estimate of drug-likeness (QED) is 0.111. The van der Waals surface area contributed by atoms with Crippen LogP contribution in [-0.4, -0.2) is 124 Å². The lowest BCUT2D eigenvalue weighted by atomic mass is 9.73. The van der Waals surface area contributed by atoms with Crippen molar-refractivity contribution in [3.63, 3.8) is 0 Å². The summed E-state index contributed by atoms with van der Waals surface area (Å²) in [6.07, 6.45) is 0.326. The number of aromatic nitrogens is 1. The first kappa shape index (κ1) is 53.4. The number of aromatic hydroxyl groups is 1. The number of Topliss-reactive ketones (excluding diaryl/α,β-unsaturated/α-hetero) is 2. The van der Waals surface area contributed by atoms with Crippen LogP contribution < -0.4 is 10.2 Å². The molecule has 15 heteroatoms. The van der Waals surface area contributed by atoms with Crippen LogP contribution in [0.1, 0.15) is 111 Å². The maximum Gasteiger partial charge on any atom is 0.408 e. The standard InChI is InChI=1S/C54H76N4O11/c1-14-43-54(12)48(56-52(64)69-54)34(8)44(59)31(5)27-53(11,65-23-19-20-37-26-38-21-17-18-22-40(38)55-28-37)49(35(9)46(61)36(10)50(63)67-43)68-51-47(62)42(25-32(6)66-51)57(13)29-39-33(7)41(58(15-2)16-3)24-30(4)45(39)60/h17-22,24,26,28,31-32,34-36,42-43,47-49,51,60,62H,14-16,23,25,27,29H2,1-13H3,(H,56,64)/b20-19+/t31-,32-,34+,35+,36-,42+,43-,47-,48-,49-,51?,53+,54-/m1/s1. The average Bonchev–Trinajstić information content (AvgIpc) is 3.64. The number of rotatable bonds is 13. The first-order valence-corrected chi connectivity index (χ1v) is 24.8. The van der Waals surface area contributed by atoms with Crippen molar-refractivity contribution in [2.24, 2.45) is 23.7 Å². The van der Waals surface area contributed by atoms with Gasteiger partial charge in [0.25, 0.3) is 0 Å². The van der Waals surface area contributed by atoms with Crippen LogP contribution in [0.5, 0.6) is 5.75 Å². The van der Waals surface area contributed by atoms with Crippen LogP contribution in [0.4, 0.5) is 10.5 Å². The lowest BCUT2D eigenvalue weighted by Gasteiger charge is -2.47. The van der Waals surface area contributed by atoms with E-state index >= 15 is 0 Å². The molecule has 3 aliphatic heterocycles. The molecule has 4 heterocycles. The van der Waals surface area contributed by atoms with Crippen LogP contribution >= 0.6 is 0 Å². The number of esters is 1. The number of nitrogens with one attached hydrogen (secondary N) is 1. The van der Waals surface area contributed by atoms with Crippen LogP contribution in [-0.2, 0) is 44.6 Å². The molecule has 2 aromatic carbocycles. The zero-order valence-corrected chi connectivity index (χ0v) is 42.9. The van der Waals surface area contributed by atoms with Gasteiger partial charge in [0.05, 0.1) is 36.0 Å². The Morgan fingerprint density at radius 3 is 2.35 bits per heavy atom. The topological polar surface area (TPSA) is 186 Å². The minimum Gasteiger partial charge on any atom is -0.507 e. The number of aryl methyl sites for hydroxylation is 1. The van der Waals surface area contributed by atoms with Crippen molar-refractivity contribution >= 4 is 46.3 Å². The number of pyridine rings is 1. The molecule has 1 amide bonds. The monoisotopic (exact) mass is 957 g/mol. The summed E-state index contributed by atoms with van der Waals surface area (Å²) >= 11 is 0.